The zero-order chi connectivity index (χ0) is 19.4. The number of aromatic nitrogens is 4. The number of hydrogen-bond acceptors (Lipinski definition) is 7. The predicted molar refractivity (Wildman–Crippen MR) is 121 cm³/mol. The van der Waals surface area contributed by atoms with Crippen LogP contribution in [0.3, 0.4) is 0 Å². The summed E-state index contributed by atoms with van der Waals surface area (Å²) in [6, 6.07) is 0. The maximum absolute atomic E-state index is 12.8. The van der Waals surface area contributed by atoms with E-state index in [1.54, 1.807) is 29.4 Å². The molecule has 2 aliphatic carbocycles. The van der Waals surface area contributed by atoms with E-state index in [0.717, 1.165) is 51.6 Å². The van der Waals surface area contributed by atoms with Crippen molar-refractivity contribution in [3.8, 4) is 0 Å². The number of nitrogens with one attached hydrogen (secondary N) is 1. The number of rotatable bonds is 3. The van der Waals surface area contributed by atoms with Gasteiger partial charge in [-0.3, -0.25) is 4.79 Å². The summed E-state index contributed by atoms with van der Waals surface area (Å²) < 4.78 is 0. The summed E-state index contributed by atoms with van der Waals surface area (Å²) in [7, 11) is 0. The number of aromatic amines is 1. The van der Waals surface area contributed by atoms with Crippen molar-refractivity contribution in [2.45, 2.75) is 62.1 Å². The fourth-order valence-electron chi connectivity index (χ4n) is 4.58. The fourth-order valence-corrected chi connectivity index (χ4v) is 8.05. The van der Waals surface area contributed by atoms with Gasteiger partial charge >= 0.3 is 0 Å². The summed E-state index contributed by atoms with van der Waals surface area (Å²) in [6.45, 7) is 0. The summed E-state index contributed by atoms with van der Waals surface area (Å²) in [5.41, 5.74) is 2.71. The van der Waals surface area contributed by atoms with Crippen molar-refractivity contribution in [3.05, 3.63) is 43.4 Å². The Bertz CT molecular complexity index is 1300. The van der Waals surface area contributed by atoms with Crippen LogP contribution in [0.1, 0.15) is 52.4 Å². The zero-order valence-corrected chi connectivity index (χ0v) is 18.4. The molecule has 0 saturated heterocycles. The van der Waals surface area contributed by atoms with Gasteiger partial charge in [-0.15, -0.1) is 22.7 Å². The minimum atomic E-state index is 0.0192. The number of aryl methyl sites for hydroxylation is 4. The molecule has 5 nitrogen and oxygen atoms in total. The van der Waals surface area contributed by atoms with Crippen molar-refractivity contribution in [1.82, 2.24) is 19.9 Å². The van der Waals surface area contributed by atoms with E-state index in [-0.39, 0.29) is 5.56 Å². The van der Waals surface area contributed by atoms with E-state index >= 15 is 0 Å². The fraction of sp³-hybridized carbons (Fsp3) is 0.429. The van der Waals surface area contributed by atoms with E-state index in [0.29, 0.717) is 5.75 Å². The molecule has 6 rings (SSSR count). The lowest BCUT2D eigenvalue weighted by Crippen LogP contribution is -2.12. The first-order valence-corrected chi connectivity index (χ1v) is 12.8. The van der Waals surface area contributed by atoms with Crippen LogP contribution in [0.2, 0.25) is 0 Å². The largest absolute Gasteiger partial charge is 0.309 e. The standard InChI is InChI=1S/C21H20N4OS3/c26-18-16-11-5-1-3-7-13(11)29-21(16)25-15(24-18)9-27-19-17-12-6-2-4-8-14(12)28-20(17)23-10-22-19/h10H,1-9H2,(H,24,25,26). The Labute approximate surface area is 180 Å². The molecule has 0 aliphatic heterocycles. The quantitative estimate of drug-likeness (QED) is 0.357. The number of fused-ring (bicyclic) bond motifs is 6. The molecular weight excluding hydrogens is 420 g/mol. The minimum absolute atomic E-state index is 0.0192. The molecular formula is C21H20N4OS3. The van der Waals surface area contributed by atoms with Gasteiger partial charge in [-0.05, 0) is 62.5 Å². The van der Waals surface area contributed by atoms with Crippen LogP contribution in [0.25, 0.3) is 20.4 Å². The smallest absolute Gasteiger partial charge is 0.259 e. The third-order valence-corrected chi connectivity index (χ3v) is 9.32. The topological polar surface area (TPSA) is 71.5 Å². The van der Waals surface area contributed by atoms with Gasteiger partial charge in [0.25, 0.3) is 5.56 Å². The molecule has 0 aromatic carbocycles. The molecule has 0 unspecified atom stereocenters. The van der Waals surface area contributed by atoms with Crippen LogP contribution in [-0.4, -0.2) is 19.9 Å². The second-order valence-corrected chi connectivity index (χ2v) is 10.9. The molecule has 4 aromatic rings. The Morgan fingerprint density at radius 2 is 1.59 bits per heavy atom. The third-order valence-electron chi connectivity index (χ3n) is 5.94. The first-order valence-electron chi connectivity index (χ1n) is 10.2. The SMILES string of the molecule is O=c1[nH]c(CSc2ncnc3sc4c(c23)CCCC4)nc2sc3c(c12)CCCC3. The molecule has 1 N–H and O–H groups in total. The highest BCUT2D eigenvalue weighted by Crippen LogP contribution is 2.40. The molecule has 4 aromatic heterocycles. The van der Waals surface area contributed by atoms with Gasteiger partial charge in [0.05, 0.1) is 11.1 Å². The molecule has 2 aliphatic rings. The Morgan fingerprint density at radius 1 is 0.897 bits per heavy atom. The first-order chi connectivity index (χ1) is 14.3. The molecule has 148 valence electrons. The van der Waals surface area contributed by atoms with Crippen molar-refractivity contribution >= 4 is 54.9 Å². The lowest BCUT2D eigenvalue weighted by Gasteiger charge is -2.11. The number of nitrogens with zero attached hydrogens (tertiary/aromatic N) is 3. The van der Waals surface area contributed by atoms with Gasteiger partial charge in [0.15, 0.2) is 0 Å². The first kappa shape index (κ1) is 18.0. The van der Waals surface area contributed by atoms with Crippen LogP contribution in [0.5, 0.6) is 0 Å². The van der Waals surface area contributed by atoms with Crippen molar-refractivity contribution in [3.63, 3.8) is 0 Å². The van der Waals surface area contributed by atoms with Crippen LogP contribution >= 0.6 is 34.4 Å². The Morgan fingerprint density at radius 3 is 2.38 bits per heavy atom. The summed E-state index contributed by atoms with van der Waals surface area (Å²) in [5.74, 6) is 1.35. The van der Waals surface area contributed by atoms with Gasteiger partial charge in [-0.25, -0.2) is 15.0 Å². The Kier molecular flexibility index (Phi) is 4.46. The summed E-state index contributed by atoms with van der Waals surface area (Å²) in [4.78, 5) is 34.6. The second kappa shape index (κ2) is 7.18. The Balaban J connectivity index is 1.35. The monoisotopic (exact) mass is 440 g/mol. The highest BCUT2D eigenvalue weighted by molar-refractivity contribution is 7.98. The summed E-state index contributed by atoms with van der Waals surface area (Å²) in [5, 5.41) is 3.07. The molecule has 29 heavy (non-hydrogen) atoms. The maximum atomic E-state index is 12.8. The van der Waals surface area contributed by atoms with E-state index in [1.165, 1.54) is 52.0 Å². The number of hydrogen-bond donors (Lipinski definition) is 1. The van der Waals surface area contributed by atoms with Crippen LogP contribution in [0.4, 0.5) is 0 Å². The lowest BCUT2D eigenvalue weighted by atomic mass is 9.97. The zero-order valence-electron chi connectivity index (χ0n) is 15.9. The van der Waals surface area contributed by atoms with Crippen molar-refractivity contribution < 1.29 is 0 Å². The van der Waals surface area contributed by atoms with Crippen LogP contribution in [0, 0.1) is 0 Å². The molecule has 8 heteroatoms. The van der Waals surface area contributed by atoms with Gasteiger partial charge in [0.2, 0.25) is 0 Å². The average Bonchev–Trinajstić information content (AvgIpc) is 3.30. The average molecular weight is 441 g/mol. The molecule has 0 radical (unpaired) electrons. The van der Waals surface area contributed by atoms with Gasteiger partial charge in [0.1, 0.15) is 26.8 Å². The van der Waals surface area contributed by atoms with E-state index in [9.17, 15) is 4.79 Å². The minimum Gasteiger partial charge on any atom is -0.309 e. The van der Waals surface area contributed by atoms with Crippen LogP contribution < -0.4 is 5.56 Å². The third kappa shape index (κ3) is 3.04. The lowest BCUT2D eigenvalue weighted by molar-refractivity contribution is 0.699. The number of H-pyrrole nitrogens is 1. The normalized spacial score (nSPS) is 16.3. The van der Waals surface area contributed by atoms with E-state index in [2.05, 4.69) is 15.0 Å². The van der Waals surface area contributed by atoms with Gasteiger partial charge in [-0.1, -0.05) is 11.8 Å². The summed E-state index contributed by atoms with van der Waals surface area (Å²) >= 11 is 5.19. The molecule has 0 spiro atoms. The maximum Gasteiger partial charge on any atom is 0.259 e. The van der Waals surface area contributed by atoms with Crippen molar-refractivity contribution in [2.24, 2.45) is 0 Å². The molecule has 0 bridgehead atoms. The molecule has 0 amide bonds. The van der Waals surface area contributed by atoms with Crippen LogP contribution in [-0.2, 0) is 31.4 Å². The Hall–Kier alpha value is -1.77. The number of thioether (sulfide) groups is 1. The second-order valence-electron chi connectivity index (χ2n) is 7.76. The molecule has 0 saturated carbocycles. The predicted octanol–water partition coefficient (Wildman–Crippen LogP) is 5.04. The van der Waals surface area contributed by atoms with Gasteiger partial charge in [0, 0.05) is 15.1 Å². The van der Waals surface area contributed by atoms with Gasteiger partial charge < -0.3 is 4.98 Å². The van der Waals surface area contributed by atoms with E-state index < -0.39 is 0 Å². The molecule has 4 heterocycles. The van der Waals surface area contributed by atoms with Gasteiger partial charge in [-0.2, -0.15) is 0 Å². The van der Waals surface area contributed by atoms with E-state index in [1.807, 2.05) is 11.3 Å². The highest BCUT2D eigenvalue weighted by atomic mass is 32.2. The summed E-state index contributed by atoms with van der Waals surface area (Å²) in [6.07, 6.45) is 10.9. The van der Waals surface area contributed by atoms with E-state index in [4.69, 9.17) is 4.98 Å². The number of thiophene rings is 2. The highest BCUT2D eigenvalue weighted by Gasteiger charge is 2.22. The molecule has 0 atom stereocenters. The van der Waals surface area contributed by atoms with Crippen LogP contribution in [0.15, 0.2) is 16.1 Å². The molecule has 0 fully saturated rings. The van der Waals surface area contributed by atoms with Crippen molar-refractivity contribution in [1.29, 1.82) is 0 Å². The van der Waals surface area contributed by atoms with Crippen molar-refractivity contribution in [2.75, 3.05) is 0 Å².